The molecule has 3 aromatic rings. The minimum atomic E-state index is -0.138. The van der Waals surface area contributed by atoms with Crippen molar-refractivity contribution in [3.63, 3.8) is 0 Å². The highest BCUT2D eigenvalue weighted by Crippen LogP contribution is 2.21. The van der Waals surface area contributed by atoms with Gasteiger partial charge in [0.15, 0.2) is 6.61 Å². The van der Waals surface area contributed by atoms with Crippen LogP contribution in [0, 0.1) is 0 Å². The fraction of sp³-hybridized carbons (Fsp3) is 0.227. The maximum atomic E-state index is 12.1. The van der Waals surface area contributed by atoms with Gasteiger partial charge in [0.05, 0.1) is 12.7 Å². The van der Waals surface area contributed by atoms with E-state index >= 15 is 0 Å². The van der Waals surface area contributed by atoms with Gasteiger partial charge in [0.1, 0.15) is 5.75 Å². The molecule has 1 amide bonds. The van der Waals surface area contributed by atoms with E-state index in [0.29, 0.717) is 18.9 Å². The molecule has 0 saturated heterocycles. The van der Waals surface area contributed by atoms with E-state index in [1.807, 2.05) is 54.6 Å². The third-order valence-corrected chi connectivity index (χ3v) is 4.66. The van der Waals surface area contributed by atoms with Gasteiger partial charge in [0, 0.05) is 13.0 Å². The van der Waals surface area contributed by atoms with Crippen LogP contribution in [0.5, 0.6) is 5.75 Å². The van der Waals surface area contributed by atoms with Gasteiger partial charge in [-0.15, -0.1) is 0 Å². The zero-order valence-electron chi connectivity index (χ0n) is 14.5. The number of benzene rings is 3. The van der Waals surface area contributed by atoms with Crippen molar-refractivity contribution in [1.82, 2.24) is 5.32 Å². The number of carbonyl (C=O) groups is 1. The van der Waals surface area contributed by atoms with Gasteiger partial charge in [-0.25, -0.2) is 0 Å². The monoisotopic (exact) mass is 347 g/mol. The van der Waals surface area contributed by atoms with Crippen LogP contribution in [0.15, 0.2) is 66.7 Å². The summed E-state index contributed by atoms with van der Waals surface area (Å²) in [5.74, 6) is 0.558. The predicted octanol–water partition coefficient (Wildman–Crippen LogP) is 3.48. The van der Waals surface area contributed by atoms with E-state index in [1.165, 1.54) is 11.1 Å². The maximum absolute atomic E-state index is 12.1. The van der Waals surface area contributed by atoms with Crippen molar-refractivity contribution in [2.24, 2.45) is 0 Å². The topological polar surface area (TPSA) is 47.6 Å². The molecule has 1 N–H and O–H groups in total. The third kappa shape index (κ3) is 3.86. The van der Waals surface area contributed by atoms with E-state index in [0.717, 1.165) is 17.2 Å². The van der Waals surface area contributed by atoms with E-state index in [1.54, 1.807) is 0 Å². The van der Waals surface area contributed by atoms with Crippen LogP contribution in [0.3, 0.4) is 0 Å². The molecule has 0 aromatic heterocycles. The first-order valence-electron chi connectivity index (χ1n) is 8.84. The van der Waals surface area contributed by atoms with Crippen LogP contribution < -0.4 is 10.1 Å². The molecule has 0 saturated carbocycles. The molecule has 3 aromatic carbocycles. The van der Waals surface area contributed by atoms with E-state index in [4.69, 9.17) is 9.47 Å². The largest absolute Gasteiger partial charge is 0.484 e. The van der Waals surface area contributed by atoms with Gasteiger partial charge < -0.3 is 14.8 Å². The summed E-state index contributed by atoms with van der Waals surface area (Å²) in [7, 11) is 0. The summed E-state index contributed by atoms with van der Waals surface area (Å²) in [5, 5.41) is 5.15. The normalized spacial score (nSPS) is 16.1. The second-order valence-corrected chi connectivity index (χ2v) is 6.51. The first-order chi connectivity index (χ1) is 12.8. The van der Waals surface area contributed by atoms with E-state index < -0.39 is 0 Å². The summed E-state index contributed by atoms with van der Waals surface area (Å²) in [6.07, 6.45) is 0.830. The Bertz CT molecular complexity index is 922. The van der Waals surface area contributed by atoms with Crippen molar-refractivity contribution < 1.29 is 14.3 Å². The molecule has 1 atom stereocenters. The molecule has 0 aliphatic carbocycles. The SMILES string of the molecule is O=C(COc1ccc2ccccc2c1)NCC1Cc2ccccc2CO1. The van der Waals surface area contributed by atoms with E-state index in [2.05, 4.69) is 17.4 Å². The smallest absolute Gasteiger partial charge is 0.258 e. The lowest BCUT2D eigenvalue weighted by Crippen LogP contribution is -2.38. The fourth-order valence-electron chi connectivity index (χ4n) is 3.23. The summed E-state index contributed by atoms with van der Waals surface area (Å²) < 4.78 is 11.4. The summed E-state index contributed by atoms with van der Waals surface area (Å²) in [4.78, 5) is 12.1. The first kappa shape index (κ1) is 16.6. The number of nitrogens with one attached hydrogen (secondary N) is 1. The Morgan fingerprint density at radius 1 is 1.00 bits per heavy atom. The maximum Gasteiger partial charge on any atom is 0.258 e. The van der Waals surface area contributed by atoms with Crippen molar-refractivity contribution in [3.05, 3.63) is 77.9 Å². The average Bonchev–Trinajstić information content (AvgIpc) is 2.70. The van der Waals surface area contributed by atoms with Gasteiger partial charge in [0.25, 0.3) is 5.91 Å². The summed E-state index contributed by atoms with van der Waals surface area (Å²) in [6.45, 7) is 1.10. The number of hydrogen-bond donors (Lipinski definition) is 1. The highest BCUT2D eigenvalue weighted by atomic mass is 16.5. The Balaban J connectivity index is 1.26. The molecule has 1 unspecified atom stereocenters. The van der Waals surface area contributed by atoms with Crippen LogP contribution in [0.4, 0.5) is 0 Å². The van der Waals surface area contributed by atoms with Crippen LogP contribution in [0.1, 0.15) is 11.1 Å². The number of ether oxygens (including phenoxy) is 2. The van der Waals surface area contributed by atoms with Crippen LogP contribution in [-0.4, -0.2) is 25.2 Å². The Hall–Kier alpha value is -2.85. The predicted molar refractivity (Wildman–Crippen MR) is 101 cm³/mol. The zero-order chi connectivity index (χ0) is 17.8. The molecule has 0 bridgehead atoms. The minimum Gasteiger partial charge on any atom is -0.484 e. The van der Waals surface area contributed by atoms with Crippen LogP contribution in [0.25, 0.3) is 10.8 Å². The van der Waals surface area contributed by atoms with Gasteiger partial charge in [-0.3, -0.25) is 4.79 Å². The lowest BCUT2D eigenvalue weighted by molar-refractivity contribution is -0.123. The van der Waals surface area contributed by atoms with Crippen molar-refractivity contribution >= 4 is 16.7 Å². The quantitative estimate of drug-likeness (QED) is 0.769. The van der Waals surface area contributed by atoms with Crippen molar-refractivity contribution in [2.45, 2.75) is 19.1 Å². The Labute approximate surface area is 152 Å². The molecule has 0 spiro atoms. The standard InChI is InChI=1S/C22H21NO3/c24-22(15-26-20-10-9-16-5-1-2-6-17(16)11-20)23-13-21-12-18-7-3-4-8-19(18)14-25-21/h1-11,21H,12-15H2,(H,23,24). The molecule has 4 nitrogen and oxygen atoms in total. The van der Waals surface area contributed by atoms with Crippen LogP contribution in [0.2, 0.25) is 0 Å². The highest BCUT2D eigenvalue weighted by Gasteiger charge is 2.19. The molecule has 1 aliphatic rings. The summed E-state index contributed by atoms with van der Waals surface area (Å²) in [6, 6.07) is 22.2. The molecule has 4 rings (SSSR count). The molecular formula is C22H21NO3. The van der Waals surface area contributed by atoms with E-state index in [9.17, 15) is 4.79 Å². The van der Waals surface area contributed by atoms with E-state index in [-0.39, 0.29) is 18.6 Å². The van der Waals surface area contributed by atoms with Crippen LogP contribution >= 0.6 is 0 Å². The highest BCUT2D eigenvalue weighted by molar-refractivity contribution is 5.84. The van der Waals surface area contributed by atoms with Crippen molar-refractivity contribution in [2.75, 3.05) is 13.2 Å². The number of carbonyl (C=O) groups excluding carboxylic acids is 1. The van der Waals surface area contributed by atoms with Crippen molar-refractivity contribution in [3.8, 4) is 5.75 Å². The Morgan fingerprint density at radius 2 is 1.77 bits per heavy atom. The number of fused-ring (bicyclic) bond motifs is 2. The fourth-order valence-corrected chi connectivity index (χ4v) is 3.23. The number of rotatable bonds is 5. The Morgan fingerprint density at radius 3 is 2.65 bits per heavy atom. The van der Waals surface area contributed by atoms with Crippen LogP contribution in [-0.2, 0) is 22.6 Å². The first-order valence-corrected chi connectivity index (χ1v) is 8.84. The molecule has 1 heterocycles. The van der Waals surface area contributed by atoms with Gasteiger partial charge >= 0.3 is 0 Å². The van der Waals surface area contributed by atoms with Gasteiger partial charge in [-0.05, 0) is 34.0 Å². The molecule has 0 radical (unpaired) electrons. The number of amides is 1. The second-order valence-electron chi connectivity index (χ2n) is 6.51. The lowest BCUT2D eigenvalue weighted by atomic mass is 9.99. The Kier molecular flexibility index (Phi) is 4.84. The molecule has 26 heavy (non-hydrogen) atoms. The molecule has 132 valence electrons. The van der Waals surface area contributed by atoms with Crippen molar-refractivity contribution in [1.29, 1.82) is 0 Å². The lowest BCUT2D eigenvalue weighted by Gasteiger charge is -2.25. The van der Waals surface area contributed by atoms with Gasteiger partial charge in [-0.2, -0.15) is 0 Å². The molecule has 4 heteroatoms. The molecule has 0 fully saturated rings. The number of hydrogen-bond acceptors (Lipinski definition) is 3. The van der Waals surface area contributed by atoms with Gasteiger partial charge in [-0.1, -0.05) is 54.6 Å². The molecule has 1 aliphatic heterocycles. The minimum absolute atomic E-state index is 0.00163. The third-order valence-electron chi connectivity index (χ3n) is 4.66. The van der Waals surface area contributed by atoms with Gasteiger partial charge in [0.2, 0.25) is 0 Å². The molecular weight excluding hydrogens is 326 g/mol. The summed E-state index contributed by atoms with van der Waals surface area (Å²) >= 11 is 0. The second kappa shape index (κ2) is 7.58. The zero-order valence-corrected chi connectivity index (χ0v) is 14.5. The average molecular weight is 347 g/mol. The summed E-state index contributed by atoms with van der Waals surface area (Å²) in [5.41, 5.74) is 2.53.